The molecule has 0 unspecified atom stereocenters. The Kier molecular flexibility index (Phi) is 6.19. The molecule has 0 aromatic carbocycles. The SMILES string of the molecule is Cc1ncc(CNC(=O)CN2CCCCCC2=O)c([C@@H]2CCCN2C)n1. The molecule has 2 aliphatic rings. The predicted octanol–water partition coefficient (Wildman–Crippen LogP) is 1.57. The molecule has 142 valence electrons. The van der Waals surface area contributed by atoms with E-state index >= 15 is 0 Å². The molecule has 0 radical (unpaired) electrons. The van der Waals surface area contributed by atoms with E-state index in [4.69, 9.17) is 0 Å². The highest BCUT2D eigenvalue weighted by Gasteiger charge is 2.27. The monoisotopic (exact) mass is 359 g/mol. The molecule has 0 saturated carbocycles. The number of likely N-dealkylation sites (tertiary alicyclic amines) is 2. The van der Waals surface area contributed by atoms with E-state index in [0.29, 0.717) is 19.5 Å². The van der Waals surface area contributed by atoms with Gasteiger partial charge in [0.1, 0.15) is 5.82 Å². The van der Waals surface area contributed by atoms with Crippen LogP contribution in [-0.2, 0) is 16.1 Å². The van der Waals surface area contributed by atoms with Gasteiger partial charge in [-0.25, -0.2) is 9.97 Å². The van der Waals surface area contributed by atoms with Gasteiger partial charge >= 0.3 is 0 Å². The van der Waals surface area contributed by atoms with Crippen LogP contribution in [0, 0.1) is 6.92 Å². The maximum Gasteiger partial charge on any atom is 0.239 e. The Bertz CT molecular complexity index is 663. The van der Waals surface area contributed by atoms with Crippen LogP contribution < -0.4 is 5.32 Å². The van der Waals surface area contributed by atoms with Crippen LogP contribution in [0.5, 0.6) is 0 Å². The summed E-state index contributed by atoms with van der Waals surface area (Å²) in [6.07, 6.45) is 7.57. The summed E-state index contributed by atoms with van der Waals surface area (Å²) in [6.45, 7) is 4.19. The van der Waals surface area contributed by atoms with Crippen LogP contribution in [0.3, 0.4) is 0 Å². The molecule has 2 amide bonds. The van der Waals surface area contributed by atoms with Crippen LogP contribution in [0.1, 0.15) is 61.6 Å². The fourth-order valence-electron chi connectivity index (χ4n) is 3.82. The lowest BCUT2D eigenvalue weighted by Crippen LogP contribution is -2.40. The van der Waals surface area contributed by atoms with Gasteiger partial charge in [0.2, 0.25) is 11.8 Å². The third kappa shape index (κ3) is 4.58. The van der Waals surface area contributed by atoms with Crippen molar-refractivity contribution in [2.24, 2.45) is 0 Å². The average molecular weight is 359 g/mol. The lowest BCUT2D eigenvalue weighted by molar-refractivity contribution is -0.135. The average Bonchev–Trinajstić information content (AvgIpc) is 2.94. The van der Waals surface area contributed by atoms with Gasteiger partial charge in [-0.2, -0.15) is 0 Å². The highest BCUT2D eigenvalue weighted by Crippen LogP contribution is 2.31. The topological polar surface area (TPSA) is 78.4 Å². The molecule has 0 aliphatic carbocycles. The standard InChI is InChI=1S/C19H29N5O2/c1-14-20-11-15(19(22-14)16-7-6-9-23(16)2)12-21-17(25)13-24-10-5-3-4-8-18(24)26/h11,16H,3-10,12-13H2,1-2H3,(H,21,25)/t16-/m0/s1. The first-order valence-corrected chi connectivity index (χ1v) is 9.61. The number of rotatable bonds is 5. The smallest absolute Gasteiger partial charge is 0.239 e. The third-order valence-corrected chi connectivity index (χ3v) is 5.34. The number of aromatic nitrogens is 2. The number of nitrogens with one attached hydrogen (secondary N) is 1. The van der Waals surface area contributed by atoms with Crippen molar-refractivity contribution in [1.82, 2.24) is 25.1 Å². The lowest BCUT2D eigenvalue weighted by atomic mass is 10.1. The summed E-state index contributed by atoms with van der Waals surface area (Å²) in [5, 5.41) is 2.95. The molecule has 1 atom stereocenters. The fraction of sp³-hybridized carbons (Fsp3) is 0.684. The number of amides is 2. The van der Waals surface area contributed by atoms with Crippen LogP contribution in [-0.4, -0.2) is 58.3 Å². The normalized spacial score (nSPS) is 21.7. The molecule has 2 fully saturated rings. The maximum absolute atomic E-state index is 12.4. The molecule has 1 aromatic rings. The van der Waals surface area contributed by atoms with Crippen LogP contribution in [0.25, 0.3) is 0 Å². The van der Waals surface area contributed by atoms with Crippen molar-refractivity contribution in [3.05, 3.63) is 23.3 Å². The lowest BCUT2D eigenvalue weighted by Gasteiger charge is -2.22. The number of carbonyl (C=O) groups excluding carboxylic acids is 2. The summed E-state index contributed by atoms with van der Waals surface area (Å²) >= 11 is 0. The summed E-state index contributed by atoms with van der Waals surface area (Å²) in [5.74, 6) is 0.724. The highest BCUT2D eigenvalue weighted by atomic mass is 16.2. The van der Waals surface area contributed by atoms with E-state index in [9.17, 15) is 9.59 Å². The Morgan fingerprint density at radius 2 is 2.12 bits per heavy atom. The van der Waals surface area contributed by atoms with E-state index in [0.717, 1.165) is 55.7 Å². The molecule has 2 aliphatic heterocycles. The highest BCUT2D eigenvalue weighted by molar-refractivity contribution is 5.84. The van der Waals surface area contributed by atoms with E-state index in [2.05, 4.69) is 27.2 Å². The second-order valence-corrected chi connectivity index (χ2v) is 7.37. The fourth-order valence-corrected chi connectivity index (χ4v) is 3.82. The molecule has 7 nitrogen and oxygen atoms in total. The summed E-state index contributed by atoms with van der Waals surface area (Å²) in [5.41, 5.74) is 1.98. The second kappa shape index (κ2) is 8.58. The Labute approximate surface area is 155 Å². The van der Waals surface area contributed by atoms with E-state index < -0.39 is 0 Å². The first-order valence-electron chi connectivity index (χ1n) is 9.61. The molecule has 1 N–H and O–H groups in total. The Morgan fingerprint density at radius 1 is 1.27 bits per heavy atom. The number of hydrogen-bond donors (Lipinski definition) is 1. The Morgan fingerprint density at radius 3 is 2.88 bits per heavy atom. The molecule has 26 heavy (non-hydrogen) atoms. The van der Waals surface area contributed by atoms with Gasteiger partial charge in [0, 0.05) is 31.3 Å². The van der Waals surface area contributed by atoms with Crippen molar-refractivity contribution < 1.29 is 9.59 Å². The van der Waals surface area contributed by atoms with Gasteiger partial charge in [0.25, 0.3) is 0 Å². The number of carbonyl (C=O) groups is 2. The van der Waals surface area contributed by atoms with Crippen LogP contribution in [0.2, 0.25) is 0 Å². The molecule has 3 heterocycles. The van der Waals surface area contributed by atoms with Crippen molar-refractivity contribution in [2.75, 3.05) is 26.7 Å². The van der Waals surface area contributed by atoms with E-state index in [1.807, 2.05) is 13.1 Å². The van der Waals surface area contributed by atoms with E-state index in [1.54, 1.807) is 4.90 Å². The van der Waals surface area contributed by atoms with Gasteiger partial charge in [-0.3, -0.25) is 14.5 Å². The predicted molar refractivity (Wildman–Crippen MR) is 98.3 cm³/mol. The third-order valence-electron chi connectivity index (χ3n) is 5.34. The number of hydrogen-bond acceptors (Lipinski definition) is 5. The van der Waals surface area contributed by atoms with Gasteiger partial charge in [-0.05, 0) is 46.2 Å². The minimum atomic E-state index is -0.119. The summed E-state index contributed by atoms with van der Waals surface area (Å²) in [6, 6.07) is 0.288. The first kappa shape index (κ1) is 18.8. The summed E-state index contributed by atoms with van der Waals surface area (Å²) in [4.78, 5) is 37.3. The van der Waals surface area contributed by atoms with Crippen molar-refractivity contribution in [3.63, 3.8) is 0 Å². The van der Waals surface area contributed by atoms with Crippen LogP contribution in [0.4, 0.5) is 0 Å². The minimum Gasteiger partial charge on any atom is -0.350 e. The van der Waals surface area contributed by atoms with Crippen molar-refractivity contribution in [1.29, 1.82) is 0 Å². The zero-order valence-electron chi connectivity index (χ0n) is 15.8. The van der Waals surface area contributed by atoms with E-state index in [1.165, 1.54) is 0 Å². The van der Waals surface area contributed by atoms with Gasteiger partial charge in [-0.1, -0.05) is 6.42 Å². The van der Waals surface area contributed by atoms with Crippen molar-refractivity contribution in [3.8, 4) is 0 Å². The molecule has 0 bridgehead atoms. The van der Waals surface area contributed by atoms with Gasteiger partial charge in [0.15, 0.2) is 0 Å². The van der Waals surface area contributed by atoms with E-state index in [-0.39, 0.29) is 24.4 Å². The van der Waals surface area contributed by atoms with Crippen LogP contribution in [0.15, 0.2) is 6.20 Å². The largest absolute Gasteiger partial charge is 0.350 e. The summed E-state index contributed by atoms with van der Waals surface area (Å²) < 4.78 is 0. The second-order valence-electron chi connectivity index (χ2n) is 7.37. The van der Waals surface area contributed by atoms with Crippen molar-refractivity contribution in [2.45, 2.75) is 58.0 Å². The zero-order chi connectivity index (χ0) is 18.5. The zero-order valence-corrected chi connectivity index (χ0v) is 15.8. The quantitative estimate of drug-likeness (QED) is 0.863. The van der Waals surface area contributed by atoms with Gasteiger partial charge in [-0.15, -0.1) is 0 Å². The molecule has 1 aromatic heterocycles. The van der Waals surface area contributed by atoms with Gasteiger partial charge < -0.3 is 10.2 Å². The Balaban J connectivity index is 1.62. The number of nitrogens with zero attached hydrogens (tertiary/aromatic N) is 4. The molecule has 3 rings (SSSR count). The molecule has 7 heteroatoms. The van der Waals surface area contributed by atoms with Crippen molar-refractivity contribution >= 4 is 11.8 Å². The van der Waals surface area contributed by atoms with Gasteiger partial charge in [0.05, 0.1) is 18.3 Å². The first-order chi connectivity index (χ1) is 12.5. The van der Waals surface area contributed by atoms with Crippen LogP contribution >= 0.6 is 0 Å². The minimum absolute atomic E-state index is 0.0876. The maximum atomic E-state index is 12.4. The molecular weight excluding hydrogens is 330 g/mol. The Hall–Kier alpha value is -2.02. The summed E-state index contributed by atoms with van der Waals surface area (Å²) in [7, 11) is 2.11. The molecule has 2 saturated heterocycles. The molecular formula is C19H29N5O2. The molecule has 0 spiro atoms. The number of aryl methyl sites for hydroxylation is 1.